The van der Waals surface area contributed by atoms with Crippen LogP contribution in [0.5, 0.6) is 17.2 Å². The van der Waals surface area contributed by atoms with Gasteiger partial charge in [-0.1, -0.05) is 29.3 Å². The van der Waals surface area contributed by atoms with Crippen molar-refractivity contribution in [3.8, 4) is 23.3 Å². The Morgan fingerprint density at radius 1 is 1.16 bits per heavy atom. The minimum Gasteiger partial charge on any atom is -0.493 e. The lowest BCUT2D eigenvalue weighted by Gasteiger charge is -2.32. The fraction of sp³-hybridized carbons (Fsp3) is 0.267. The summed E-state index contributed by atoms with van der Waals surface area (Å²) in [6.07, 6.45) is 3.13. The number of halogens is 3. The van der Waals surface area contributed by atoms with E-state index in [0.717, 1.165) is 12.8 Å². The van der Waals surface area contributed by atoms with Crippen molar-refractivity contribution >= 4 is 51.4 Å². The number of benzene rings is 2. The third-order valence-corrected chi connectivity index (χ3v) is 7.66. The van der Waals surface area contributed by atoms with Gasteiger partial charge in [-0.05, 0) is 37.0 Å². The topological polar surface area (TPSA) is 142 Å². The van der Waals surface area contributed by atoms with E-state index >= 15 is 4.39 Å². The molecule has 1 fully saturated rings. The molecule has 0 aliphatic carbocycles. The summed E-state index contributed by atoms with van der Waals surface area (Å²) >= 11 is 12.4. The van der Waals surface area contributed by atoms with Gasteiger partial charge in [0.15, 0.2) is 29.0 Å². The number of aromatic nitrogens is 2. The minimum absolute atomic E-state index is 0.00401. The van der Waals surface area contributed by atoms with Gasteiger partial charge < -0.3 is 30.2 Å². The van der Waals surface area contributed by atoms with Gasteiger partial charge in [0.2, 0.25) is 0 Å². The maximum Gasteiger partial charge on any atom is 0.188 e. The molecule has 1 saturated heterocycles. The van der Waals surface area contributed by atoms with Crippen LogP contribution in [0.3, 0.4) is 0 Å². The molecule has 4 aromatic rings. The van der Waals surface area contributed by atoms with Gasteiger partial charge in [-0.15, -0.1) is 0 Å². The fourth-order valence-corrected chi connectivity index (χ4v) is 5.17. The van der Waals surface area contributed by atoms with Crippen LogP contribution in [-0.4, -0.2) is 47.6 Å². The van der Waals surface area contributed by atoms with Gasteiger partial charge in [-0.2, -0.15) is 5.26 Å². The number of fused-ring (bicyclic) bond motifs is 1. The van der Waals surface area contributed by atoms with Crippen molar-refractivity contribution in [3.05, 3.63) is 75.9 Å². The first-order valence-electron chi connectivity index (χ1n) is 13.4. The van der Waals surface area contributed by atoms with E-state index in [4.69, 9.17) is 48.6 Å². The van der Waals surface area contributed by atoms with Gasteiger partial charge >= 0.3 is 0 Å². The molecule has 0 unspecified atom stereocenters. The Morgan fingerprint density at radius 3 is 2.65 bits per heavy atom. The van der Waals surface area contributed by atoms with Crippen LogP contribution in [0.15, 0.2) is 48.7 Å². The zero-order valence-electron chi connectivity index (χ0n) is 23.2. The molecule has 5 rings (SSSR count). The monoisotopic (exact) mass is 623 g/mol. The van der Waals surface area contributed by atoms with Gasteiger partial charge in [0.05, 0.1) is 46.9 Å². The summed E-state index contributed by atoms with van der Waals surface area (Å²) in [7, 11) is 1.53. The predicted molar refractivity (Wildman–Crippen MR) is 163 cm³/mol. The second kappa shape index (κ2) is 13.2. The molecule has 4 N–H and O–H groups in total. The molecule has 13 heteroatoms. The number of piperidine rings is 1. The van der Waals surface area contributed by atoms with Crippen molar-refractivity contribution in [2.24, 2.45) is 11.7 Å². The molecule has 222 valence electrons. The van der Waals surface area contributed by atoms with Crippen molar-refractivity contribution in [2.45, 2.75) is 19.4 Å². The Morgan fingerprint density at radius 2 is 1.95 bits per heavy atom. The second-order valence-corrected chi connectivity index (χ2v) is 10.7. The van der Waals surface area contributed by atoms with E-state index in [9.17, 15) is 5.26 Å². The predicted octanol–water partition coefficient (Wildman–Crippen LogP) is 6.26. The summed E-state index contributed by atoms with van der Waals surface area (Å²) in [5.41, 5.74) is 7.50. The summed E-state index contributed by atoms with van der Waals surface area (Å²) in [5.74, 6) is 0.618. The second-order valence-electron chi connectivity index (χ2n) is 9.93. The summed E-state index contributed by atoms with van der Waals surface area (Å²) < 4.78 is 32.4. The van der Waals surface area contributed by atoms with Crippen LogP contribution in [0, 0.1) is 28.5 Å². The molecule has 0 atom stereocenters. The number of nitrogens with one attached hydrogen (secondary N) is 2. The molecule has 2 aromatic carbocycles. The Labute approximate surface area is 257 Å². The van der Waals surface area contributed by atoms with E-state index in [1.807, 2.05) is 4.90 Å². The summed E-state index contributed by atoms with van der Waals surface area (Å²) in [6, 6.07) is 13.2. The standard InChI is InChI=1S/C30H28Cl2FN7O3/c1-41-26-9-20-23(12-27(26)42-15-17-5-7-40(8-6-17)30(35)36)37-14-18(13-34)29(20)39-24-11-22(33)25(10-21(24)31)43-16-19-3-2-4-28(32)38-19/h2-4,9-12,14,17H,5-8,15-16H2,1H3,(H3,35,36)(H,37,39). The first kappa shape index (κ1) is 29.9. The van der Waals surface area contributed by atoms with Crippen molar-refractivity contribution < 1.29 is 18.6 Å². The Hall–Kier alpha value is -4.53. The minimum atomic E-state index is -0.659. The van der Waals surface area contributed by atoms with Crippen LogP contribution in [0.2, 0.25) is 10.2 Å². The molecular weight excluding hydrogens is 596 g/mol. The molecule has 0 spiro atoms. The number of hydrogen-bond donors (Lipinski definition) is 3. The highest BCUT2D eigenvalue weighted by atomic mass is 35.5. The SMILES string of the molecule is COc1cc2c(Nc3cc(F)c(OCc4cccc(Cl)n4)cc3Cl)c(C#N)cnc2cc1OCC1CCN(C(=N)N)CC1. The summed E-state index contributed by atoms with van der Waals surface area (Å²) in [5, 5.41) is 21.6. The largest absolute Gasteiger partial charge is 0.493 e. The van der Waals surface area contributed by atoms with E-state index in [2.05, 4.69) is 21.4 Å². The average molecular weight is 625 g/mol. The Bertz CT molecular complexity index is 1710. The molecule has 3 heterocycles. The van der Waals surface area contributed by atoms with Gasteiger partial charge in [0, 0.05) is 42.9 Å². The quantitative estimate of drug-likeness (QED) is 0.112. The molecule has 0 amide bonds. The van der Waals surface area contributed by atoms with E-state index in [1.54, 1.807) is 30.3 Å². The first-order chi connectivity index (χ1) is 20.7. The summed E-state index contributed by atoms with van der Waals surface area (Å²) in [6.45, 7) is 1.88. The zero-order chi connectivity index (χ0) is 30.5. The zero-order valence-corrected chi connectivity index (χ0v) is 24.7. The lowest BCUT2D eigenvalue weighted by molar-refractivity contribution is 0.176. The van der Waals surface area contributed by atoms with Gasteiger partial charge in [-0.3, -0.25) is 10.4 Å². The van der Waals surface area contributed by atoms with E-state index in [-0.39, 0.29) is 34.6 Å². The number of rotatable bonds is 9. The van der Waals surface area contributed by atoms with Crippen LogP contribution in [0.25, 0.3) is 10.9 Å². The van der Waals surface area contributed by atoms with Gasteiger partial charge in [0.25, 0.3) is 0 Å². The normalized spacial score (nSPS) is 13.4. The Balaban J connectivity index is 1.37. The lowest BCUT2D eigenvalue weighted by atomic mass is 9.98. The maximum atomic E-state index is 15.1. The van der Waals surface area contributed by atoms with Gasteiger partial charge in [-0.25, -0.2) is 9.37 Å². The Kier molecular flexibility index (Phi) is 9.19. The molecular formula is C30H28Cl2FN7O3. The molecule has 0 saturated carbocycles. The summed E-state index contributed by atoms with van der Waals surface area (Å²) in [4.78, 5) is 10.4. The highest BCUT2D eigenvalue weighted by Gasteiger charge is 2.22. The highest BCUT2D eigenvalue weighted by Crippen LogP contribution is 2.39. The molecule has 0 radical (unpaired) electrons. The number of methoxy groups -OCH3 is 1. The molecule has 1 aliphatic rings. The number of nitrogens with zero attached hydrogens (tertiary/aromatic N) is 4. The number of nitriles is 1. The smallest absolute Gasteiger partial charge is 0.188 e. The molecule has 43 heavy (non-hydrogen) atoms. The maximum absolute atomic E-state index is 15.1. The number of guanidine groups is 1. The molecule has 0 bridgehead atoms. The van der Waals surface area contributed by atoms with Crippen LogP contribution >= 0.6 is 23.2 Å². The number of ether oxygens (including phenoxy) is 3. The lowest BCUT2D eigenvalue weighted by Crippen LogP contribution is -2.43. The molecule has 10 nitrogen and oxygen atoms in total. The third-order valence-electron chi connectivity index (χ3n) is 7.13. The average Bonchev–Trinajstić information content (AvgIpc) is 3.00. The van der Waals surface area contributed by atoms with Crippen LogP contribution in [-0.2, 0) is 6.61 Å². The molecule has 2 aromatic heterocycles. The van der Waals surface area contributed by atoms with E-state index in [0.29, 0.717) is 64.6 Å². The third kappa shape index (κ3) is 6.93. The van der Waals surface area contributed by atoms with Crippen LogP contribution in [0.4, 0.5) is 15.8 Å². The number of anilines is 2. The van der Waals surface area contributed by atoms with Crippen molar-refractivity contribution in [1.82, 2.24) is 14.9 Å². The fourth-order valence-electron chi connectivity index (χ4n) is 4.79. The van der Waals surface area contributed by atoms with E-state index < -0.39 is 5.82 Å². The van der Waals surface area contributed by atoms with Crippen molar-refractivity contribution in [1.29, 1.82) is 10.7 Å². The number of hydrogen-bond acceptors (Lipinski definition) is 8. The van der Waals surface area contributed by atoms with Crippen molar-refractivity contribution in [3.63, 3.8) is 0 Å². The van der Waals surface area contributed by atoms with Crippen LogP contribution in [0.1, 0.15) is 24.1 Å². The number of pyridine rings is 2. The van der Waals surface area contributed by atoms with E-state index in [1.165, 1.54) is 25.4 Å². The first-order valence-corrected chi connectivity index (χ1v) is 14.1. The van der Waals surface area contributed by atoms with Crippen molar-refractivity contribution in [2.75, 3.05) is 32.1 Å². The number of nitrogens with two attached hydrogens (primary N) is 1. The van der Waals surface area contributed by atoms with Crippen LogP contribution < -0.4 is 25.3 Å². The molecule has 1 aliphatic heterocycles. The highest BCUT2D eigenvalue weighted by molar-refractivity contribution is 6.33. The number of likely N-dealkylation sites (tertiary alicyclic amines) is 1. The van der Waals surface area contributed by atoms with Gasteiger partial charge in [0.1, 0.15) is 17.8 Å².